The molecule has 114 valence electrons. The molecule has 0 aromatic carbocycles. The molecule has 1 N–H and O–H groups in total. The van der Waals surface area contributed by atoms with Crippen molar-refractivity contribution in [1.29, 1.82) is 0 Å². The number of aliphatic carboxylic acids is 1. The summed E-state index contributed by atoms with van der Waals surface area (Å²) in [6, 6.07) is 5.25. The zero-order valence-corrected chi connectivity index (χ0v) is 12.3. The summed E-state index contributed by atoms with van der Waals surface area (Å²) in [5.41, 5.74) is 0.0970. The number of carboxylic acid groups (broad SMARTS) is 1. The average Bonchev–Trinajstić information content (AvgIpc) is 2.47. The number of hydrogen-bond donors (Lipinski definition) is 1. The van der Waals surface area contributed by atoms with Gasteiger partial charge in [-0.1, -0.05) is 6.07 Å². The topological polar surface area (TPSA) is 79.7 Å². The molecule has 1 aliphatic rings. The minimum absolute atomic E-state index is 0.105. The Morgan fingerprint density at radius 2 is 2.24 bits per heavy atom. The number of carbonyl (C=O) groups is 2. The number of methoxy groups -OCH3 is 1. The van der Waals surface area contributed by atoms with Gasteiger partial charge in [-0.15, -0.1) is 0 Å². The summed E-state index contributed by atoms with van der Waals surface area (Å²) in [5, 5.41) is 9.50. The van der Waals surface area contributed by atoms with E-state index >= 15 is 0 Å². The molecule has 0 radical (unpaired) electrons. The van der Waals surface area contributed by atoms with Gasteiger partial charge in [0.1, 0.15) is 11.1 Å². The van der Waals surface area contributed by atoms with Gasteiger partial charge in [-0.25, -0.2) is 4.98 Å². The van der Waals surface area contributed by atoms with Gasteiger partial charge < -0.3 is 14.7 Å². The monoisotopic (exact) mass is 292 g/mol. The number of amides is 1. The second-order valence-electron chi connectivity index (χ2n) is 5.51. The maximum absolute atomic E-state index is 12.5. The van der Waals surface area contributed by atoms with E-state index in [1.807, 2.05) is 13.0 Å². The van der Waals surface area contributed by atoms with Gasteiger partial charge in [-0.2, -0.15) is 0 Å². The number of rotatable bonds is 4. The number of hydrogen-bond acceptors (Lipinski definition) is 4. The molecule has 1 aliphatic heterocycles. The summed E-state index contributed by atoms with van der Waals surface area (Å²) in [6.45, 7) is 2.63. The minimum Gasteiger partial charge on any atom is -0.481 e. The largest absolute Gasteiger partial charge is 0.481 e. The zero-order chi connectivity index (χ0) is 15.5. The predicted molar refractivity (Wildman–Crippen MR) is 76.1 cm³/mol. The number of carbonyl (C=O) groups excluding carboxylic acids is 1. The quantitative estimate of drug-likeness (QED) is 0.906. The lowest BCUT2D eigenvalue weighted by atomic mass is 9.80. The molecule has 6 heteroatoms. The van der Waals surface area contributed by atoms with Gasteiger partial charge in [-0.05, 0) is 31.9 Å². The molecule has 6 nitrogen and oxygen atoms in total. The van der Waals surface area contributed by atoms with Crippen LogP contribution in [0.2, 0.25) is 0 Å². The van der Waals surface area contributed by atoms with Crippen LogP contribution in [0, 0.1) is 12.3 Å². The number of aromatic nitrogens is 1. The van der Waals surface area contributed by atoms with Crippen molar-refractivity contribution >= 4 is 11.9 Å². The van der Waals surface area contributed by atoms with Gasteiger partial charge in [0.2, 0.25) is 0 Å². The van der Waals surface area contributed by atoms with E-state index < -0.39 is 11.4 Å². The van der Waals surface area contributed by atoms with Gasteiger partial charge in [0.25, 0.3) is 5.91 Å². The van der Waals surface area contributed by atoms with Crippen LogP contribution in [0.15, 0.2) is 18.2 Å². The van der Waals surface area contributed by atoms with E-state index in [0.717, 1.165) is 5.69 Å². The molecule has 0 spiro atoms. The highest BCUT2D eigenvalue weighted by atomic mass is 16.5. The van der Waals surface area contributed by atoms with Crippen LogP contribution in [0.1, 0.15) is 29.0 Å². The third-order valence-electron chi connectivity index (χ3n) is 3.85. The van der Waals surface area contributed by atoms with Crippen LogP contribution in [0.4, 0.5) is 0 Å². The third-order valence-corrected chi connectivity index (χ3v) is 3.85. The Hall–Kier alpha value is -1.95. The molecule has 2 rings (SSSR count). The van der Waals surface area contributed by atoms with Gasteiger partial charge in [0, 0.05) is 25.9 Å². The van der Waals surface area contributed by atoms with E-state index in [-0.39, 0.29) is 19.1 Å². The molecule has 0 aliphatic carbocycles. The van der Waals surface area contributed by atoms with E-state index in [2.05, 4.69) is 4.98 Å². The number of carboxylic acids is 1. The fourth-order valence-corrected chi connectivity index (χ4v) is 2.76. The standard InChI is InChI=1S/C15H20N2O4/c1-11-5-3-6-12(16-11)13(18)17-8-4-7-15(9-17,10-21-2)14(19)20/h3,5-6H,4,7-10H2,1-2H3,(H,19,20). The molecule has 1 unspecified atom stereocenters. The maximum Gasteiger partial charge on any atom is 0.313 e. The smallest absolute Gasteiger partial charge is 0.313 e. The van der Waals surface area contributed by atoms with Crippen molar-refractivity contribution in [2.75, 3.05) is 26.8 Å². The van der Waals surface area contributed by atoms with Crippen LogP contribution in [0.3, 0.4) is 0 Å². The molecular weight excluding hydrogens is 272 g/mol. The van der Waals surface area contributed by atoms with Crippen LogP contribution in [0.25, 0.3) is 0 Å². The second-order valence-corrected chi connectivity index (χ2v) is 5.51. The Labute approximate surface area is 123 Å². The second kappa shape index (κ2) is 6.22. The Balaban J connectivity index is 2.20. The van der Waals surface area contributed by atoms with Gasteiger partial charge in [-0.3, -0.25) is 9.59 Å². The van der Waals surface area contributed by atoms with E-state index in [9.17, 15) is 14.7 Å². The number of ether oxygens (including phenoxy) is 1. The van der Waals surface area contributed by atoms with Crippen molar-refractivity contribution in [3.8, 4) is 0 Å². The summed E-state index contributed by atoms with van der Waals surface area (Å²) in [7, 11) is 1.48. The predicted octanol–water partition coefficient (Wildman–Crippen LogP) is 1.34. The highest BCUT2D eigenvalue weighted by molar-refractivity contribution is 5.93. The van der Waals surface area contributed by atoms with Crippen LogP contribution in [0.5, 0.6) is 0 Å². The number of aryl methyl sites for hydroxylation is 1. The van der Waals surface area contributed by atoms with Crippen molar-refractivity contribution in [3.63, 3.8) is 0 Å². The normalized spacial score (nSPS) is 22.1. The SMILES string of the molecule is COCC1(C(=O)O)CCCN(C(=O)c2cccc(C)n2)C1. The highest BCUT2D eigenvalue weighted by Crippen LogP contribution is 2.31. The van der Waals surface area contributed by atoms with E-state index in [1.165, 1.54) is 7.11 Å². The van der Waals surface area contributed by atoms with Crippen molar-refractivity contribution < 1.29 is 19.4 Å². The number of likely N-dealkylation sites (tertiary alicyclic amines) is 1. The van der Waals surface area contributed by atoms with E-state index in [1.54, 1.807) is 17.0 Å². The van der Waals surface area contributed by atoms with Crippen molar-refractivity contribution in [1.82, 2.24) is 9.88 Å². The zero-order valence-electron chi connectivity index (χ0n) is 12.3. The molecule has 1 amide bonds. The molecule has 1 saturated heterocycles. The fourth-order valence-electron chi connectivity index (χ4n) is 2.76. The first-order valence-electron chi connectivity index (χ1n) is 6.94. The number of nitrogens with zero attached hydrogens (tertiary/aromatic N) is 2. The molecule has 1 aromatic heterocycles. The highest BCUT2D eigenvalue weighted by Gasteiger charge is 2.44. The molecule has 21 heavy (non-hydrogen) atoms. The Kier molecular flexibility index (Phi) is 4.57. The molecule has 1 fully saturated rings. The van der Waals surface area contributed by atoms with E-state index in [4.69, 9.17) is 4.74 Å². The minimum atomic E-state index is -1.02. The molecule has 0 saturated carbocycles. The summed E-state index contributed by atoms with van der Waals surface area (Å²) in [4.78, 5) is 29.9. The number of piperidine rings is 1. The van der Waals surface area contributed by atoms with Crippen molar-refractivity contribution in [2.45, 2.75) is 19.8 Å². The number of pyridine rings is 1. The van der Waals surface area contributed by atoms with Gasteiger partial charge in [0.15, 0.2) is 0 Å². The first-order chi connectivity index (χ1) is 9.98. The van der Waals surface area contributed by atoms with Crippen molar-refractivity contribution in [3.05, 3.63) is 29.6 Å². The summed E-state index contributed by atoms with van der Waals surface area (Å²) in [5.74, 6) is -1.14. The van der Waals surface area contributed by atoms with Crippen LogP contribution < -0.4 is 0 Å². The van der Waals surface area contributed by atoms with E-state index in [0.29, 0.717) is 25.1 Å². The van der Waals surface area contributed by atoms with Crippen molar-refractivity contribution in [2.24, 2.45) is 5.41 Å². The Morgan fingerprint density at radius 1 is 1.48 bits per heavy atom. The maximum atomic E-state index is 12.5. The summed E-state index contributed by atoms with van der Waals surface area (Å²) < 4.78 is 5.06. The lowest BCUT2D eigenvalue weighted by Crippen LogP contribution is -2.52. The summed E-state index contributed by atoms with van der Waals surface area (Å²) >= 11 is 0. The molecule has 1 atom stereocenters. The molecule has 1 aromatic rings. The van der Waals surface area contributed by atoms with Gasteiger partial charge in [0.05, 0.1) is 6.61 Å². The lowest BCUT2D eigenvalue weighted by molar-refractivity contribution is -0.155. The van der Waals surface area contributed by atoms with Crippen LogP contribution in [-0.2, 0) is 9.53 Å². The van der Waals surface area contributed by atoms with Gasteiger partial charge >= 0.3 is 5.97 Å². The van der Waals surface area contributed by atoms with Crippen LogP contribution >= 0.6 is 0 Å². The molecule has 0 bridgehead atoms. The van der Waals surface area contributed by atoms with Crippen LogP contribution in [-0.4, -0.2) is 53.7 Å². The fraction of sp³-hybridized carbons (Fsp3) is 0.533. The molecule has 2 heterocycles. The lowest BCUT2D eigenvalue weighted by Gasteiger charge is -2.39. The molecular formula is C15H20N2O4. The summed E-state index contributed by atoms with van der Waals surface area (Å²) in [6.07, 6.45) is 1.16. The Morgan fingerprint density at radius 3 is 2.86 bits per heavy atom. The Bertz CT molecular complexity index is 542. The first-order valence-corrected chi connectivity index (χ1v) is 6.94. The average molecular weight is 292 g/mol. The third kappa shape index (κ3) is 3.21. The first kappa shape index (κ1) is 15.4.